The van der Waals surface area contributed by atoms with Crippen LogP contribution in [0.2, 0.25) is 6.55 Å². The van der Waals surface area contributed by atoms with Crippen LogP contribution in [0.25, 0.3) is 0 Å². The third-order valence-electron chi connectivity index (χ3n) is 1.60. The molecule has 0 spiro atoms. The highest BCUT2D eigenvalue weighted by molar-refractivity contribution is 6.56. The molecule has 0 aliphatic heterocycles. The minimum Gasteiger partial charge on any atom is -0.410 e. The predicted octanol–water partition coefficient (Wildman–Crippen LogP) is 2.56. The zero-order valence-electron chi connectivity index (χ0n) is 9.01. The first kappa shape index (κ1) is 12.9. The SMILES string of the molecule is C/C=C/[Si](C)OCCOCCCC. The van der Waals surface area contributed by atoms with Gasteiger partial charge in [0.2, 0.25) is 9.04 Å². The number of hydrogen-bond donors (Lipinski definition) is 0. The predicted molar refractivity (Wildman–Crippen MR) is 58.1 cm³/mol. The van der Waals surface area contributed by atoms with Crippen molar-refractivity contribution in [2.75, 3.05) is 19.8 Å². The van der Waals surface area contributed by atoms with E-state index in [-0.39, 0.29) is 0 Å². The fourth-order valence-corrected chi connectivity index (χ4v) is 1.86. The average Bonchev–Trinajstić information content (AvgIpc) is 2.11. The van der Waals surface area contributed by atoms with Crippen molar-refractivity contribution in [3.63, 3.8) is 0 Å². The van der Waals surface area contributed by atoms with E-state index in [1.54, 1.807) is 0 Å². The van der Waals surface area contributed by atoms with E-state index in [0.717, 1.165) is 26.2 Å². The summed E-state index contributed by atoms with van der Waals surface area (Å²) in [5.41, 5.74) is 2.14. The topological polar surface area (TPSA) is 18.5 Å². The minimum atomic E-state index is -0.694. The van der Waals surface area contributed by atoms with E-state index in [0.29, 0.717) is 0 Å². The van der Waals surface area contributed by atoms with Gasteiger partial charge >= 0.3 is 0 Å². The van der Waals surface area contributed by atoms with Crippen LogP contribution in [0.15, 0.2) is 11.8 Å². The summed E-state index contributed by atoms with van der Waals surface area (Å²) in [6.45, 7) is 8.67. The van der Waals surface area contributed by atoms with E-state index in [4.69, 9.17) is 9.16 Å². The Balaban J connectivity index is 3.06. The molecule has 0 heterocycles. The van der Waals surface area contributed by atoms with Crippen LogP contribution in [-0.2, 0) is 9.16 Å². The third-order valence-corrected chi connectivity index (χ3v) is 3.06. The monoisotopic (exact) mass is 201 g/mol. The molecule has 0 aromatic carbocycles. The zero-order chi connectivity index (χ0) is 9.94. The number of allylic oxidation sites excluding steroid dienone is 1. The van der Waals surface area contributed by atoms with Crippen molar-refractivity contribution in [2.45, 2.75) is 33.2 Å². The maximum absolute atomic E-state index is 5.55. The molecule has 0 bridgehead atoms. The lowest BCUT2D eigenvalue weighted by Crippen LogP contribution is -2.15. The smallest absolute Gasteiger partial charge is 0.235 e. The Hall–Kier alpha value is -0.123. The van der Waals surface area contributed by atoms with Gasteiger partial charge in [0.05, 0.1) is 13.2 Å². The van der Waals surface area contributed by atoms with Gasteiger partial charge in [-0.1, -0.05) is 25.1 Å². The van der Waals surface area contributed by atoms with Gasteiger partial charge < -0.3 is 9.16 Å². The highest BCUT2D eigenvalue weighted by Crippen LogP contribution is 1.90. The Morgan fingerprint density at radius 3 is 2.62 bits per heavy atom. The van der Waals surface area contributed by atoms with E-state index in [1.165, 1.54) is 6.42 Å². The van der Waals surface area contributed by atoms with Crippen molar-refractivity contribution in [2.24, 2.45) is 0 Å². The summed E-state index contributed by atoms with van der Waals surface area (Å²) in [7, 11) is -0.694. The second-order valence-electron chi connectivity index (χ2n) is 2.93. The molecule has 0 aliphatic rings. The summed E-state index contributed by atoms with van der Waals surface area (Å²) in [5.74, 6) is 0. The Labute approximate surface area is 83.7 Å². The van der Waals surface area contributed by atoms with E-state index >= 15 is 0 Å². The molecule has 0 fully saturated rings. The number of ether oxygens (including phenoxy) is 1. The van der Waals surface area contributed by atoms with Gasteiger partial charge in [-0.25, -0.2) is 0 Å². The van der Waals surface area contributed by atoms with Gasteiger partial charge in [-0.15, -0.1) is 0 Å². The second kappa shape index (κ2) is 9.96. The quantitative estimate of drug-likeness (QED) is 0.444. The van der Waals surface area contributed by atoms with Crippen LogP contribution < -0.4 is 0 Å². The molecule has 0 unspecified atom stereocenters. The third kappa shape index (κ3) is 9.79. The van der Waals surface area contributed by atoms with Gasteiger partial charge in [-0.2, -0.15) is 0 Å². The standard InChI is InChI=1S/C10H21O2Si/c1-4-6-7-11-8-9-12-13(3)10-5-2/h5,10H,4,6-9H2,1-3H3/b10-5+. The van der Waals surface area contributed by atoms with Crippen LogP contribution >= 0.6 is 0 Å². The van der Waals surface area contributed by atoms with Crippen LogP contribution in [0, 0.1) is 0 Å². The first-order chi connectivity index (χ1) is 6.31. The molecule has 13 heavy (non-hydrogen) atoms. The van der Waals surface area contributed by atoms with Gasteiger partial charge in [0, 0.05) is 6.61 Å². The van der Waals surface area contributed by atoms with E-state index in [9.17, 15) is 0 Å². The van der Waals surface area contributed by atoms with Crippen LogP contribution in [0.1, 0.15) is 26.7 Å². The summed E-state index contributed by atoms with van der Waals surface area (Å²) >= 11 is 0. The van der Waals surface area contributed by atoms with E-state index < -0.39 is 9.04 Å². The average molecular weight is 201 g/mol. The van der Waals surface area contributed by atoms with Gasteiger partial charge in [0.1, 0.15) is 0 Å². The number of unbranched alkanes of at least 4 members (excludes halogenated alkanes) is 1. The van der Waals surface area contributed by atoms with E-state index in [1.807, 2.05) is 13.0 Å². The lowest BCUT2D eigenvalue weighted by atomic mass is 10.4. The fraction of sp³-hybridized carbons (Fsp3) is 0.800. The molecule has 0 amide bonds. The highest BCUT2D eigenvalue weighted by atomic mass is 28.3. The van der Waals surface area contributed by atoms with Crippen molar-refractivity contribution < 1.29 is 9.16 Å². The van der Waals surface area contributed by atoms with Crippen molar-refractivity contribution in [1.29, 1.82) is 0 Å². The highest BCUT2D eigenvalue weighted by Gasteiger charge is 1.98. The van der Waals surface area contributed by atoms with Crippen LogP contribution in [0.4, 0.5) is 0 Å². The maximum atomic E-state index is 5.55. The maximum Gasteiger partial charge on any atom is 0.235 e. The Bertz CT molecular complexity index is 126. The van der Waals surface area contributed by atoms with Gasteiger partial charge in [0.15, 0.2) is 0 Å². The van der Waals surface area contributed by atoms with Crippen molar-refractivity contribution in [1.82, 2.24) is 0 Å². The largest absolute Gasteiger partial charge is 0.410 e. The molecule has 2 nitrogen and oxygen atoms in total. The molecule has 0 aromatic heterocycles. The van der Waals surface area contributed by atoms with Crippen LogP contribution in [0.5, 0.6) is 0 Å². The Kier molecular flexibility index (Phi) is 9.87. The molecular formula is C10H21O2Si. The minimum absolute atomic E-state index is 0.694. The summed E-state index contributed by atoms with van der Waals surface area (Å²) in [4.78, 5) is 0. The molecule has 0 aromatic rings. The summed E-state index contributed by atoms with van der Waals surface area (Å²) < 4.78 is 10.9. The van der Waals surface area contributed by atoms with Crippen molar-refractivity contribution >= 4 is 9.04 Å². The molecular weight excluding hydrogens is 180 g/mol. The molecule has 77 valence electrons. The number of hydrogen-bond acceptors (Lipinski definition) is 2. The normalized spacial score (nSPS) is 11.7. The van der Waals surface area contributed by atoms with Crippen LogP contribution in [0.3, 0.4) is 0 Å². The lowest BCUT2D eigenvalue weighted by Gasteiger charge is -2.07. The van der Waals surface area contributed by atoms with Crippen molar-refractivity contribution in [3.05, 3.63) is 11.8 Å². The summed E-state index contributed by atoms with van der Waals surface area (Å²) in [6.07, 6.45) is 4.40. The lowest BCUT2D eigenvalue weighted by molar-refractivity contribution is 0.0984. The second-order valence-corrected chi connectivity index (χ2v) is 4.77. The molecule has 0 aliphatic carbocycles. The van der Waals surface area contributed by atoms with Gasteiger partial charge in [0.25, 0.3) is 0 Å². The molecule has 0 rings (SSSR count). The molecule has 0 saturated heterocycles. The number of rotatable bonds is 8. The molecule has 0 atom stereocenters. The van der Waals surface area contributed by atoms with Crippen molar-refractivity contribution in [3.8, 4) is 0 Å². The van der Waals surface area contributed by atoms with Gasteiger partial charge in [-0.05, 0) is 19.9 Å². The first-order valence-electron chi connectivity index (χ1n) is 4.98. The molecule has 0 N–H and O–H groups in total. The zero-order valence-corrected chi connectivity index (χ0v) is 10.0. The fourth-order valence-electron chi connectivity index (χ4n) is 0.893. The summed E-state index contributed by atoms with van der Waals surface area (Å²) in [5, 5.41) is 0. The first-order valence-corrected chi connectivity index (χ1v) is 6.96. The Morgan fingerprint density at radius 1 is 1.23 bits per heavy atom. The molecule has 1 radical (unpaired) electrons. The Morgan fingerprint density at radius 2 is 2.00 bits per heavy atom. The molecule has 3 heteroatoms. The van der Waals surface area contributed by atoms with Gasteiger partial charge in [-0.3, -0.25) is 0 Å². The van der Waals surface area contributed by atoms with E-state index in [2.05, 4.69) is 19.2 Å². The summed E-state index contributed by atoms with van der Waals surface area (Å²) in [6, 6.07) is 0. The van der Waals surface area contributed by atoms with Crippen LogP contribution in [-0.4, -0.2) is 28.9 Å². The molecule has 0 saturated carbocycles.